The molecule has 0 spiro atoms. The van der Waals surface area contributed by atoms with Crippen LogP contribution in [-0.4, -0.2) is 29.1 Å². The Morgan fingerprint density at radius 2 is 2.18 bits per heavy atom. The van der Waals surface area contributed by atoms with Gasteiger partial charge in [0.15, 0.2) is 0 Å². The Bertz CT molecular complexity index is 411. The summed E-state index contributed by atoms with van der Waals surface area (Å²) in [6.07, 6.45) is 7.07. The van der Waals surface area contributed by atoms with Crippen molar-refractivity contribution in [2.75, 3.05) is 18.0 Å². The third-order valence-corrected chi connectivity index (χ3v) is 4.25. The fourth-order valence-corrected chi connectivity index (χ4v) is 3.33. The van der Waals surface area contributed by atoms with Crippen LogP contribution in [0.2, 0.25) is 5.15 Å². The zero-order valence-electron chi connectivity index (χ0n) is 9.72. The zero-order chi connectivity index (χ0) is 11.8. The van der Waals surface area contributed by atoms with Gasteiger partial charge in [0.1, 0.15) is 11.0 Å². The maximum absolute atomic E-state index is 6.20. The lowest BCUT2D eigenvalue weighted by molar-refractivity contribution is 0.260. The Morgan fingerprint density at radius 3 is 2.94 bits per heavy atom. The highest BCUT2D eigenvalue weighted by Crippen LogP contribution is 2.36. The Labute approximate surface area is 106 Å². The zero-order valence-corrected chi connectivity index (χ0v) is 10.5. The molecule has 17 heavy (non-hydrogen) atoms. The largest absolute Gasteiger partial charge is 0.355 e. The molecule has 1 saturated heterocycles. The molecule has 2 fully saturated rings. The number of nitrogens with two attached hydrogens (primary N) is 1. The van der Waals surface area contributed by atoms with Crippen LogP contribution in [0.3, 0.4) is 0 Å². The Hall–Kier alpha value is -0.870. The Morgan fingerprint density at radius 1 is 1.29 bits per heavy atom. The van der Waals surface area contributed by atoms with Crippen LogP contribution in [0, 0.1) is 11.8 Å². The maximum Gasteiger partial charge on any atom is 0.149 e. The second kappa shape index (κ2) is 4.42. The van der Waals surface area contributed by atoms with Gasteiger partial charge in [0, 0.05) is 19.1 Å². The van der Waals surface area contributed by atoms with Gasteiger partial charge in [0.2, 0.25) is 0 Å². The van der Waals surface area contributed by atoms with Crippen molar-refractivity contribution in [1.82, 2.24) is 9.97 Å². The molecule has 0 radical (unpaired) electrons. The molecule has 1 aromatic rings. The standard InChI is InChI=1S/C12H17ClN4/c13-11-4-15-5-12(16-11)17-6-8-2-1-3-10(14)9(8)7-17/h4-5,8-10H,1-3,6-7,14H2. The average molecular weight is 253 g/mol. The summed E-state index contributed by atoms with van der Waals surface area (Å²) in [5.41, 5.74) is 6.20. The van der Waals surface area contributed by atoms with E-state index in [2.05, 4.69) is 14.9 Å². The van der Waals surface area contributed by atoms with Crippen LogP contribution in [-0.2, 0) is 0 Å². The predicted octanol–water partition coefficient (Wildman–Crippen LogP) is 1.69. The number of hydrogen-bond donors (Lipinski definition) is 1. The molecular formula is C12H17ClN4. The minimum Gasteiger partial charge on any atom is -0.355 e. The molecule has 2 heterocycles. The van der Waals surface area contributed by atoms with E-state index in [0.717, 1.165) is 31.2 Å². The van der Waals surface area contributed by atoms with Crippen molar-refractivity contribution in [3.8, 4) is 0 Å². The van der Waals surface area contributed by atoms with Crippen molar-refractivity contribution >= 4 is 17.4 Å². The summed E-state index contributed by atoms with van der Waals surface area (Å²) >= 11 is 5.88. The van der Waals surface area contributed by atoms with Crippen LogP contribution in [0.25, 0.3) is 0 Å². The van der Waals surface area contributed by atoms with E-state index in [1.165, 1.54) is 12.8 Å². The minimum atomic E-state index is 0.353. The van der Waals surface area contributed by atoms with Gasteiger partial charge in [-0.1, -0.05) is 18.0 Å². The topological polar surface area (TPSA) is 55.0 Å². The molecule has 1 aliphatic carbocycles. The van der Waals surface area contributed by atoms with Crippen LogP contribution >= 0.6 is 11.6 Å². The first-order valence-corrected chi connectivity index (χ1v) is 6.60. The summed E-state index contributed by atoms with van der Waals surface area (Å²) in [6.45, 7) is 2.05. The van der Waals surface area contributed by atoms with Crippen molar-refractivity contribution in [3.63, 3.8) is 0 Å². The predicted molar refractivity (Wildman–Crippen MR) is 68.1 cm³/mol. The molecule has 4 nitrogen and oxygen atoms in total. The van der Waals surface area contributed by atoms with E-state index in [9.17, 15) is 0 Å². The molecular weight excluding hydrogens is 236 g/mol. The molecule has 5 heteroatoms. The van der Waals surface area contributed by atoms with Gasteiger partial charge in [-0.25, -0.2) is 4.98 Å². The number of nitrogens with zero attached hydrogens (tertiary/aromatic N) is 3. The normalized spacial score (nSPS) is 32.6. The molecule has 0 amide bonds. The minimum absolute atomic E-state index is 0.353. The van der Waals surface area contributed by atoms with Gasteiger partial charge in [-0.15, -0.1) is 0 Å². The van der Waals surface area contributed by atoms with Gasteiger partial charge in [0.25, 0.3) is 0 Å². The van der Waals surface area contributed by atoms with Crippen LogP contribution in [0.4, 0.5) is 5.82 Å². The highest BCUT2D eigenvalue weighted by molar-refractivity contribution is 6.29. The number of rotatable bonds is 1. The van der Waals surface area contributed by atoms with E-state index in [0.29, 0.717) is 17.1 Å². The number of hydrogen-bond acceptors (Lipinski definition) is 4. The summed E-state index contributed by atoms with van der Waals surface area (Å²) < 4.78 is 0. The number of anilines is 1. The number of halogens is 1. The first-order valence-electron chi connectivity index (χ1n) is 6.22. The third kappa shape index (κ3) is 2.11. The molecule has 3 unspecified atom stereocenters. The van der Waals surface area contributed by atoms with Crippen molar-refractivity contribution in [2.24, 2.45) is 17.6 Å². The van der Waals surface area contributed by atoms with Crippen molar-refractivity contribution < 1.29 is 0 Å². The number of aromatic nitrogens is 2. The highest BCUT2D eigenvalue weighted by atomic mass is 35.5. The average Bonchev–Trinajstić information content (AvgIpc) is 2.74. The summed E-state index contributed by atoms with van der Waals surface area (Å²) in [5.74, 6) is 2.23. The summed E-state index contributed by atoms with van der Waals surface area (Å²) in [6, 6.07) is 0.353. The molecule has 3 atom stereocenters. The lowest BCUT2D eigenvalue weighted by Gasteiger charge is -2.29. The van der Waals surface area contributed by atoms with Gasteiger partial charge in [0.05, 0.1) is 12.4 Å². The van der Waals surface area contributed by atoms with Gasteiger partial charge in [-0.2, -0.15) is 0 Å². The quantitative estimate of drug-likeness (QED) is 0.827. The summed E-state index contributed by atoms with van der Waals surface area (Å²) in [4.78, 5) is 10.7. The van der Waals surface area contributed by atoms with Gasteiger partial charge in [-0.05, 0) is 24.7 Å². The summed E-state index contributed by atoms with van der Waals surface area (Å²) in [7, 11) is 0. The molecule has 0 bridgehead atoms. The van der Waals surface area contributed by atoms with E-state index in [1.54, 1.807) is 12.4 Å². The molecule has 3 rings (SSSR count). The van der Waals surface area contributed by atoms with Crippen molar-refractivity contribution in [3.05, 3.63) is 17.5 Å². The first-order chi connectivity index (χ1) is 8.24. The van der Waals surface area contributed by atoms with Crippen LogP contribution in [0.1, 0.15) is 19.3 Å². The van der Waals surface area contributed by atoms with Crippen LogP contribution in [0.15, 0.2) is 12.4 Å². The van der Waals surface area contributed by atoms with Gasteiger partial charge >= 0.3 is 0 Å². The SMILES string of the molecule is NC1CCCC2CN(c3cncc(Cl)n3)CC12. The molecule has 1 saturated carbocycles. The second-order valence-corrected chi connectivity index (χ2v) is 5.51. The molecule has 2 N–H and O–H groups in total. The van der Waals surface area contributed by atoms with Crippen LogP contribution in [0.5, 0.6) is 0 Å². The Kier molecular flexibility index (Phi) is 2.92. The Balaban J connectivity index is 1.79. The second-order valence-electron chi connectivity index (χ2n) is 5.12. The van der Waals surface area contributed by atoms with E-state index >= 15 is 0 Å². The lowest BCUT2D eigenvalue weighted by Crippen LogP contribution is -2.38. The van der Waals surface area contributed by atoms with E-state index in [1.807, 2.05) is 0 Å². The molecule has 1 aliphatic heterocycles. The fraction of sp³-hybridized carbons (Fsp3) is 0.667. The smallest absolute Gasteiger partial charge is 0.149 e. The van der Waals surface area contributed by atoms with E-state index < -0.39 is 0 Å². The summed E-state index contributed by atoms with van der Waals surface area (Å²) in [5, 5.41) is 0.460. The first kappa shape index (κ1) is 11.2. The lowest BCUT2D eigenvalue weighted by atomic mass is 9.78. The van der Waals surface area contributed by atoms with Gasteiger partial charge < -0.3 is 10.6 Å². The van der Waals surface area contributed by atoms with Crippen molar-refractivity contribution in [2.45, 2.75) is 25.3 Å². The van der Waals surface area contributed by atoms with E-state index in [-0.39, 0.29) is 0 Å². The molecule has 0 aromatic carbocycles. The molecule has 2 aliphatic rings. The van der Waals surface area contributed by atoms with Crippen molar-refractivity contribution in [1.29, 1.82) is 0 Å². The van der Waals surface area contributed by atoms with E-state index in [4.69, 9.17) is 17.3 Å². The molecule has 1 aromatic heterocycles. The number of fused-ring (bicyclic) bond motifs is 1. The fourth-order valence-electron chi connectivity index (χ4n) is 3.19. The monoisotopic (exact) mass is 252 g/mol. The van der Waals surface area contributed by atoms with Crippen LogP contribution < -0.4 is 10.6 Å². The maximum atomic E-state index is 6.20. The highest BCUT2D eigenvalue weighted by Gasteiger charge is 2.39. The third-order valence-electron chi connectivity index (χ3n) is 4.07. The van der Waals surface area contributed by atoms with Gasteiger partial charge in [-0.3, -0.25) is 4.98 Å². The molecule has 92 valence electrons.